The average Bonchev–Trinajstić information content (AvgIpc) is 2.16. The lowest BCUT2D eigenvalue weighted by Gasteiger charge is -1.96. The van der Waals surface area contributed by atoms with Crippen LogP contribution in [0.5, 0.6) is 0 Å². The molecular formula is C9H5ClN2O2. The Morgan fingerprint density at radius 1 is 1.36 bits per heavy atom. The number of pyridine rings is 1. The molecule has 1 aromatic carbocycles. The van der Waals surface area contributed by atoms with E-state index in [-0.39, 0.29) is 10.8 Å². The summed E-state index contributed by atoms with van der Waals surface area (Å²) in [6.45, 7) is 0. The molecule has 0 amide bonds. The summed E-state index contributed by atoms with van der Waals surface area (Å²) in [4.78, 5) is 13.8. The van der Waals surface area contributed by atoms with Crippen molar-refractivity contribution in [1.82, 2.24) is 4.98 Å². The van der Waals surface area contributed by atoms with E-state index in [1.165, 1.54) is 0 Å². The van der Waals surface area contributed by atoms with Crippen LogP contribution in [0.1, 0.15) is 0 Å². The number of para-hydroxylation sites is 1. The van der Waals surface area contributed by atoms with Gasteiger partial charge in [-0.2, -0.15) is 0 Å². The Morgan fingerprint density at radius 3 is 2.79 bits per heavy atom. The molecule has 0 unspecified atom stereocenters. The Morgan fingerprint density at radius 2 is 2.07 bits per heavy atom. The van der Waals surface area contributed by atoms with Gasteiger partial charge in [-0.25, -0.2) is 0 Å². The molecule has 0 saturated carbocycles. The van der Waals surface area contributed by atoms with Crippen LogP contribution in [0, 0.1) is 10.1 Å². The minimum Gasteiger partial charge on any atom is -0.358 e. The summed E-state index contributed by atoms with van der Waals surface area (Å²) >= 11 is 5.69. The fraction of sp³-hybridized carbons (Fsp3) is 0. The van der Waals surface area contributed by atoms with Crippen molar-refractivity contribution < 1.29 is 4.92 Å². The number of nitro groups is 1. The van der Waals surface area contributed by atoms with Crippen LogP contribution in [-0.2, 0) is 0 Å². The minimum absolute atomic E-state index is 0.0636. The Bertz CT molecular complexity index is 513. The van der Waals surface area contributed by atoms with Gasteiger partial charge < -0.3 is 10.1 Å². The first-order valence-electron chi connectivity index (χ1n) is 3.88. The van der Waals surface area contributed by atoms with Crippen molar-refractivity contribution in [1.29, 1.82) is 0 Å². The van der Waals surface area contributed by atoms with Crippen molar-refractivity contribution in [3.05, 3.63) is 45.5 Å². The molecule has 0 aliphatic rings. The van der Waals surface area contributed by atoms with E-state index in [4.69, 9.17) is 11.6 Å². The molecule has 0 fully saturated rings. The molecule has 4 nitrogen and oxygen atoms in total. The summed E-state index contributed by atoms with van der Waals surface area (Å²) in [5.41, 5.74) is 0.573. The van der Waals surface area contributed by atoms with Gasteiger partial charge in [-0.15, -0.1) is 0 Å². The Kier molecular flexibility index (Phi) is 2.05. The van der Waals surface area contributed by atoms with Gasteiger partial charge in [0.2, 0.25) is 0 Å². The van der Waals surface area contributed by atoms with Crippen molar-refractivity contribution in [3.63, 3.8) is 0 Å². The summed E-state index contributed by atoms with van der Waals surface area (Å²) in [7, 11) is 0. The molecule has 70 valence electrons. The Labute approximate surface area is 84.3 Å². The lowest BCUT2D eigenvalue weighted by Crippen LogP contribution is -1.93. The van der Waals surface area contributed by atoms with Gasteiger partial charge in [-0.1, -0.05) is 29.8 Å². The van der Waals surface area contributed by atoms with E-state index in [1.807, 2.05) is 6.07 Å². The third-order valence-corrected chi connectivity index (χ3v) is 2.11. The van der Waals surface area contributed by atoms with Crippen LogP contribution in [0.4, 0.5) is 5.82 Å². The molecule has 0 atom stereocenters. The van der Waals surface area contributed by atoms with Crippen molar-refractivity contribution in [2.24, 2.45) is 0 Å². The SMILES string of the molecule is O=[N+]([O-])c1nc2ccccc2cc1Cl. The number of benzene rings is 1. The Hall–Kier alpha value is -1.68. The maximum atomic E-state index is 10.5. The fourth-order valence-corrected chi connectivity index (χ4v) is 1.44. The number of fused-ring (bicyclic) bond motifs is 1. The van der Waals surface area contributed by atoms with Gasteiger partial charge in [-0.3, -0.25) is 0 Å². The number of aromatic nitrogens is 1. The van der Waals surface area contributed by atoms with E-state index in [2.05, 4.69) is 4.98 Å². The van der Waals surface area contributed by atoms with Crippen molar-refractivity contribution >= 4 is 28.3 Å². The van der Waals surface area contributed by atoms with Gasteiger partial charge in [0.25, 0.3) is 0 Å². The number of rotatable bonds is 1. The molecule has 0 N–H and O–H groups in total. The van der Waals surface area contributed by atoms with E-state index in [1.54, 1.807) is 24.3 Å². The van der Waals surface area contributed by atoms with Crippen LogP contribution < -0.4 is 0 Å². The number of hydrogen-bond donors (Lipinski definition) is 0. The summed E-state index contributed by atoms with van der Waals surface area (Å²) in [6, 6.07) is 8.65. The molecule has 0 aliphatic carbocycles. The zero-order valence-electron chi connectivity index (χ0n) is 6.98. The second-order valence-electron chi connectivity index (χ2n) is 2.74. The lowest BCUT2D eigenvalue weighted by molar-refractivity contribution is -0.389. The van der Waals surface area contributed by atoms with Crippen LogP contribution in [0.25, 0.3) is 10.9 Å². The molecular weight excluding hydrogens is 204 g/mol. The smallest absolute Gasteiger partial charge is 0.358 e. The van der Waals surface area contributed by atoms with E-state index in [0.29, 0.717) is 5.52 Å². The highest BCUT2D eigenvalue weighted by Crippen LogP contribution is 2.25. The highest BCUT2D eigenvalue weighted by molar-refractivity contribution is 6.33. The second-order valence-corrected chi connectivity index (χ2v) is 3.15. The molecule has 0 bridgehead atoms. The van der Waals surface area contributed by atoms with Gasteiger partial charge in [0.1, 0.15) is 5.02 Å². The van der Waals surface area contributed by atoms with Crippen LogP contribution in [0.15, 0.2) is 30.3 Å². The van der Waals surface area contributed by atoms with Gasteiger partial charge in [0.05, 0.1) is 0 Å². The average molecular weight is 209 g/mol. The van der Waals surface area contributed by atoms with E-state index >= 15 is 0 Å². The molecule has 5 heteroatoms. The maximum absolute atomic E-state index is 10.5. The largest absolute Gasteiger partial charge is 0.382 e. The van der Waals surface area contributed by atoms with Crippen molar-refractivity contribution in [3.8, 4) is 0 Å². The molecule has 0 radical (unpaired) electrons. The van der Waals surface area contributed by atoms with Crippen LogP contribution in [0.3, 0.4) is 0 Å². The molecule has 0 aliphatic heterocycles. The second kappa shape index (κ2) is 3.23. The van der Waals surface area contributed by atoms with Crippen molar-refractivity contribution in [2.75, 3.05) is 0 Å². The quantitative estimate of drug-likeness (QED) is 0.535. The van der Waals surface area contributed by atoms with Crippen LogP contribution >= 0.6 is 11.6 Å². The first kappa shape index (κ1) is 8.90. The number of hydrogen-bond acceptors (Lipinski definition) is 3. The van der Waals surface area contributed by atoms with Crippen molar-refractivity contribution in [2.45, 2.75) is 0 Å². The molecule has 2 aromatic rings. The summed E-state index contributed by atoms with van der Waals surface area (Å²) in [5.74, 6) is -0.301. The number of nitrogens with zero attached hydrogens (tertiary/aromatic N) is 2. The molecule has 1 aromatic heterocycles. The maximum Gasteiger partial charge on any atom is 0.382 e. The van der Waals surface area contributed by atoms with Gasteiger partial charge >= 0.3 is 5.82 Å². The highest BCUT2D eigenvalue weighted by atomic mass is 35.5. The summed E-state index contributed by atoms with van der Waals surface area (Å²) in [5, 5.41) is 11.4. The van der Waals surface area contributed by atoms with E-state index in [9.17, 15) is 10.1 Å². The predicted octanol–water partition coefficient (Wildman–Crippen LogP) is 2.80. The lowest BCUT2D eigenvalue weighted by atomic mass is 10.2. The van der Waals surface area contributed by atoms with E-state index in [0.717, 1.165) is 5.39 Å². The molecule has 2 rings (SSSR count). The normalized spacial score (nSPS) is 10.4. The fourth-order valence-electron chi connectivity index (χ4n) is 1.21. The zero-order chi connectivity index (χ0) is 10.1. The zero-order valence-corrected chi connectivity index (χ0v) is 7.73. The first-order valence-corrected chi connectivity index (χ1v) is 4.26. The predicted molar refractivity (Wildman–Crippen MR) is 53.4 cm³/mol. The molecule has 14 heavy (non-hydrogen) atoms. The molecule has 1 heterocycles. The minimum atomic E-state index is -0.589. The van der Waals surface area contributed by atoms with Gasteiger partial charge in [-0.05, 0) is 22.0 Å². The molecule has 0 saturated heterocycles. The number of halogens is 1. The van der Waals surface area contributed by atoms with Crippen LogP contribution in [-0.4, -0.2) is 9.91 Å². The van der Waals surface area contributed by atoms with Gasteiger partial charge in [0.15, 0.2) is 5.52 Å². The third-order valence-electron chi connectivity index (χ3n) is 1.83. The van der Waals surface area contributed by atoms with Crippen LogP contribution in [0.2, 0.25) is 5.02 Å². The standard InChI is InChI=1S/C9H5ClN2O2/c10-7-5-6-3-1-2-4-8(6)11-9(7)12(13)14/h1-5H. The summed E-state index contributed by atoms with van der Waals surface area (Å²) in [6.07, 6.45) is 0. The monoisotopic (exact) mass is 208 g/mol. The summed E-state index contributed by atoms with van der Waals surface area (Å²) < 4.78 is 0. The van der Waals surface area contributed by atoms with E-state index < -0.39 is 4.92 Å². The third kappa shape index (κ3) is 1.40. The molecule has 0 spiro atoms. The highest BCUT2D eigenvalue weighted by Gasteiger charge is 2.15. The van der Waals surface area contributed by atoms with Gasteiger partial charge in [0, 0.05) is 5.39 Å². The first-order chi connectivity index (χ1) is 6.68. The Balaban J connectivity index is 2.77. The topological polar surface area (TPSA) is 56.0 Å².